The van der Waals surface area contributed by atoms with Crippen LogP contribution in [0.25, 0.3) is 33.5 Å². The first-order valence-electron chi connectivity index (χ1n) is 11.5. The second-order valence-electron chi connectivity index (χ2n) is 8.45. The molecule has 0 spiro atoms. The van der Waals surface area contributed by atoms with E-state index in [1.807, 2.05) is 98.0 Å². The predicted molar refractivity (Wildman–Crippen MR) is 137 cm³/mol. The number of aromatic amines is 1. The zero-order valence-corrected chi connectivity index (χ0v) is 19.3. The van der Waals surface area contributed by atoms with Crippen LogP contribution in [0.15, 0.2) is 97.1 Å². The van der Waals surface area contributed by atoms with Gasteiger partial charge in [0.25, 0.3) is 0 Å². The van der Waals surface area contributed by atoms with Gasteiger partial charge in [0.05, 0.1) is 16.6 Å². The third-order valence-electron chi connectivity index (χ3n) is 6.10. The van der Waals surface area contributed by atoms with E-state index >= 15 is 0 Å². The van der Waals surface area contributed by atoms with Crippen molar-refractivity contribution in [2.75, 3.05) is 0 Å². The Kier molecular flexibility index (Phi) is 5.39. The maximum Gasteiger partial charge on any atom is 0.163 e. The maximum atomic E-state index is 6.28. The molecule has 0 aliphatic carbocycles. The van der Waals surface area contributed by atoms with Crippen LogP contribution in [0, 0.1) is 0 Å². The van der Waals surface area contributed by atoms with E-state index in [2.05, 4.69) is 20.8 Å². The molecule has 172 valence electrons. The van der Waals surface area contributed by atoms with Crippen molar-refractivity contribution in [3.05, 3.63) is 108 Å². The lowest BCUT2D eigenvalue weighted by Gasteiger charge is -2.14. The van der Waals surface area contributed by atoms with Crippen molar-refractivity contribution in [3.63, 3.8) is 0 Å². The third-order valence-corrected chi connectivity index (χ3v) is 6.10. The topological polar surface area (TPSA) is 65.0 Å². The van der Waals surface area contributed by atoms with Gasteiger partial charge in [-0.25, -0.2) is 4.98 Å². The number of hydrogen-bond acceptors (Lipinski definition) is 4. The molecular formula is C29H24N4O2. The Morgan fingerprint density at radius 1 is 0.743 bits per heavy atom. The Morgan fingerprint density at radius 3 is 2.00 bits per heavy atom. The Balaban J connectivity index is 1.40. The Hall–Kier alpha value is -4.58. The minimum atomic E-state index is 0.438. The average molecular weight is 461 g/mol. The summed E-state index contributed by atoms with van der Waals surface area (Å²) in [5.74, 6) is 2.13. The zero-order valence-electron chi connectivity index (χ0n) is 19.3. The number of para-hydroxylation sites is 2. The number of benzene rings is 4. The molecule has 0 aliphatic heterocycles. The van der Waals surface area contributed by atoms with E-state index in [0.717, 1.165) is 44.6 Å². The van der Waals surface area contributed by atoms with Crippen LogP contribution in [0.5, 0.6) is 11.5 Å². The number of ether oxygens (including phenoxy) is 2. The quantitative estimate of drug-likeness (QED) is 0.305. The Labute approximate surface area is 202 Å². The molecule has 0 radical (unpaired) electrons. The minimum absolute atomic E-state index is 0.438. The van der Waals surface area contributed by atoms with E-state index in [9.17, 15) is 0 Å². The second kappa shape index (κ2) is 8.99. The summed E-state index contributed by atoms with van der Waals surface area (Å²) in [5.41, 5.74) is 5.81. The lowest BCUT2D eigenvalue weighted by Crippen LogP contribution is -2.01. The predicted octanol–water partition coefficient (Wildman–Crippen LogP) is 6.27. The fourth-order valence-corrected chi connectivity index (χ4v) is 4.25. The van der Waals surface area contributed by atoms with Crippen LogP contribution in [0.1, 0.15) is 11.1 Å². The highest BCUT2D eigenvalue weighted by molar-refractivity contribution is 5.95. The Bertz CT molecular complexity index is 1600. The minimum Gasteiger partial charge on any atom is -0.485 e. The fraction of sp³-hybridized carbons (Fsp3) is 0.103. The number of imidazole rings is 1. The van der Waals surface area contributed by atoms with Crippen LogP contribution in [0.3, 0.4) is 0 Å². The molecule has 0 unspecified atom stereocenters. The van der Waals surface area contributed by atoms with Crippen molar-refractivity contribution >= 4 is 21.9 Å². The van der Waals surface area contributed by atoms with Crippen LogP contribution < -0.4 is 9.47 Å². The first-order chi connectivity index (χ1) is 17.3. The molecule has 1 N–H and O–H groups in total. The smallest absolute Gasteiger partial charge is 0.163 e. The van der Waals surface area contributed by atoms with Crippen molar-refractivity contribution < 1.29 is 9.47 Å². The highest BCUT2D eigenvalue weighted by Gasteiger charge is 2.19. The molecule has 35 heavy (non-hydrogen) atoms. The molecule has 0 bridgehead atoms. The van der Waals surface area contributed by atoms with Gasteiger partial charge in [0, 0.05) is 18.5 Å². The monoisotopic (exact) mass is 460 g/mol. The third kappa shape index (κ3) is 4.10. The van der Waals surface area contributed by atoms with Gasteiger partial charge in [-0.3, -0.25) is 5.10 Å². The number of aromatic nitrogens is 4. The van der Waals surface area contributed by atoms with Crippen LogP contribution in [-0.2, 0) is 20.3 Å². The van der Waals surface area contributed by atoms with Crippen molar-refractivity contribution in [1.29, 1.82) is 0 Å². The van der Waals surface area contributed by atoms with Gasteiger partial charge in [-0.2, -0.15) is 5.10 Å². The van der Waals surface area contributed by atoms with Crippen LogP contribution >= 0.6 is 0 Å². The summed E-state index contributed by atoms with van der Waals surface area (Å²) in [5, 5.41) is 8.71. The maximum absolute atomic E-state index is 6.28. The van der Waals surface area contributed by atoms with Crippen LogP contribution in [0.2, 0.25) is 0 Å². The van der Waals surface area contributed by atoms with Gasteiger partial charge in [-0.1, -0.05) is 72.8 Å². The lowest BCUT2D eigenvalue weighted by atomic mass is 10.1. The van der Waals surface area contributed by atoms with Gasteiger partial charge in [-0.05, 0) is 29.3 Å². The molecule has 0 saturated heterocycles. The zero-order chi connectivity index (χ0) is 23.6. The number of hydrogen-bond donors (Lipinski definition) is 1. The highest BCUT2D eigenvalue weighted by Crippen LogP contribution is 2.37. The van der Waals surface area contributed by atoms with E-state index in [0.29, 0.717) is 24.7 Å². The van der Waals surface area contributed by atoms with Gasteiger partial charge in [0.15, 0.2) is 17.3 Å². The molecule has 2 aromatic heterocycles. The number of fused-ring (bicyclic) bond motifs is 2. The molecule has 0 atom stereocenters. The normalized spacial score (nSPS) is 11.2. The first kappa shape index (κ1) is 21.0. The van der Waals surface area contributed by atoms with Crippen LogP contribution in [0.4, 0.5) is 0 Å². The summed E-state index contributed by atoms with van der Waals surface area (Å²) in [6.45, 7) is 0.882. The number of nitrogens with one attached hydrogen (secondary N) is 1. The van der Waals surface area contributed by atoms with Gasteiger partial charge >= 0.3 is 0 Å². The molecule has 0 aliphatic rings. The standard InChI is InChI=1S/C29H24N4O2/c1-33-25-15-9-8-14-23(25)30-29(33)28-22-16-26(34-18-20-10-4-2-5-11-20)27(17-24(22)31-32-28)35-19-21-12-6-3-7-13-21/h2-17H,18-19H2,1H3,(H,31,32). The number of H-pyrrole nitrogens is 1. The molecule has 0 fully saturated rings. The molecule has 2 heterocycles. The summed E-state index contributed by atoms with van der Waals surface area (Å²) in [6, 6.07) is 32.2. The molecular weight excluding hydrogens is 436 g/mol. The molecule has 4 aromatic carbocycles. The van der Waals surface area contributed by atoms with E-state index < -0.39 is 0 Å². The molecule has 6 aromatic rings. The number of nitrogens with zero attached hydrogens (tertiary/aromatic N) is 3. The van der Waals surface area contributed by atoms with Crippen LogP contribution in [-0.4, -0.2) is 19.7 Å². The van der Waals surface area contributed by atoms with Crippen molar-refractivity contribution in [2.45, 2.75) is 13.2 Å². The largest absolute Gasteiger partial charge is 0.485 e. The molecule has 6 heteroatoms. The van der Waals surface area contributed by atoms with E-state index in [4.69, 9.17) is 14.5 Å². The number of rotatable bonds is 7. The Morgan fingerprint density at radius 2 is 1.34 bits per heavy atom. The average Bonchev–Trinajstić information content (AvgIpc) is 3.47. The van der Waals surface area contributed by atoms with Crippen molar-refractivity contribution in [3.8, 4) is 23.0 Å². The highest BCUT2D eigenvalue weighted by atomic mass is 16.5. The van der Waals surface area contributed by atoms with Gasteiger partial charge in [0.2, 0.25) is 0 Å². The second-order valence-corrected chi connectivity index (χ2v) is 8.45. The summed E-state index contributed by atoms with van der Waals surface area (Å²) >= 11 is 0. The molecule has 6 rings (SSSR count). The van der Waals surface area contributed by atoms with E-state index in [1.165, 1.54) is 0 Å². The van der Waals surface area contributed by atoms with Gasteiger partial charge in [0.1, 0.15) is 18.9 Å². The first-order valence-corrected chi connectivity index (χ1v) is 11.5. The van der Waals surface area contributed by atoms with Gasteiger partial charge < -0.3 is 14.0 Å². The number of aryl methyl sites for hydroxylation is 1. The fourth-order valence-electron chi connectivity index (χ4n) is 4.25. The SMILES string of the molecule is Cn1c(-c2n[nH]c3cc(OCc4ccccc4)c(OCc4ccccc4)cc23)nc2ccccc21. The molecule has 6 nitrogen and oxygen atoms in total. The lowest BCUT2D eigenvalue weighted by molar-refractivity contribution is 0.256. The van der Waals surface area contributed by atoms with E-state index in [-0.39, 0.29) is 0 Å². The summed E-state index contributed by atoms with van der Waals surface area (Å²) < 4.78 is 14.6. The molecule has 0 saturated carbocycles. The van der Waals surface area contributed by atoms with Crippen molar-refractivity contribution in [2.24, 2.45) is 7.05 Å². The van der Waals surface area contributed by atoms with Crippen molar-refractivity contribution in [1.82, 2.24) is 19.7 Å². The molecule has 0 amide bonds. The summed E-state index contributed by atoms with van der Waals surface area (Å²) in [7, 11) is 2.01. The summed E-state index contributed by atoms with van der Waals surface area (Å²) in [4.78, 5) is 4.83. The van der Waals surface area contributed by atoms with Gasteiger partial charge in [-0.15, -0.1) is 0 Å². The summed E-state index contributed by atoms with van der Waals surface area (Å²) in [6.07, 6.45) is 0. The van der Waals surface area contributed by atoms with E-state index in [1.54, 1.807) is 0 Å².